The van der Waals surface area contributed by atoms with Crippen LogP contribution in [-0.4, -0.2) is 60.9 Å². The molecule has 1 fully saturated rings. The van der Waals surface area contributed by atoms with Gasteiger partial charge in [-0.3, -0.25) is 19.5 Å². The molecule has 5 heterocycles. The summed E-state index contributed by atoms with van der Waals surface area (Å²) in [6, 6.07) is 1.88. The first kappa shape index (κ1) is 23.1. The Balaban J connectivity index is 1.57. The van der Waals surface area contributed by atoms with Crippen molar-refractivity contribution in [2.75, 3.05) is 25.0 Å². The lowest BCUT2D eigenvalue weighted by Crippen LogP contribution is -2.54. The molecule has 1 saturated heterocycles. The highest BCUT2D eigenvalue weighted by atomic mass is 32.1. The molecule has 10 nitrogen and oxygen atoms in total. The highest BCUT2D eigenvalue weighted by molar-refractivity contribution is 7.21. The number of primary amides is 1. The van der Waals surface area contributed by atoms with E-state index < -0.39 is 5.91 Å². The van der Waals surface area contributed by atoms with Crippen molar-refractivity contribution in [3.63, 3.8) is 0 Å². The molecule has 2 amide bonds. The molecular weight excluding hydrogens is 464 g/mol. The Labute approximate surface area is 206 Å². The van der Waals surface area contributed by atoms with E-state index >= 15 is 0 Å². The van der Waals surface area contributed by atoms with E-state index in [0.29, 0.717) is 22.6 Å². The van der Waals surface area contributed by atoms with Crippen LogP contribution in [0.4, 0.5) is 5.69 Å². The minimum Gasteiger partial charge on any atom is -0.365 e. The van der Waals surface area contributed by atoms with Crippen LogP contribution in [0.1, 0.15) is 35.6 Å². The average molecular weight is 491 g/mol. The van der Waals surface area contributed by atoms with Gasteiger partial charge in [0, 0.05) is 41.8 Å². The number of carbonyl (C=O) groups is 2. The number of fused-ring (bicyclic) bond motifs is 1. The van der Waals surface area contributed by atoms with Crippen LogP contribution in [0.25, 0.3) is 26.5 Å². The standard InChI is InChI=1S/C24H26N8O2S/c1-13-16(5-15(6-27-13)30-19(33)9-31-10-24(3,4)11-31)20-21(17-7-26-12-28-14(17)2)35-23-18(22(25)34)8-29-32(20)23/h5-8,12H,9-11H2,1-4H3,(H2,25,34)(H,30,33). The summed E-state index contributed by atoms with van der Waals surface area (Å²) in [7, 11) is 0. The molecule has 11 heteroatoms. The quantitative estimate of drug-likeness (QED) is 0.425. The Morgan fingerprint density at radius 3 is 2.54 bits per heavy atom. The third-order valence-electron chi connectivity index (χ3n) is 6.07. The maximum absolute atomic E-state index is 12.7. The summed E-state index contributed by atoms with van der Waals surface area (Å²) < 4.78 is 1.70. The minimum absolute atomic E-state index is 0.0878. The Kier molecular flexibility index (Phi) is 5.60. The van der Waals surface area contributed by atoms with Crippen LogP contribution in [-0.2, 0) is 4.79 Å². The fraction of sp³-hybridized carbons (Fsp3) is 0.333. The average Bonchev–Trinajstić information content (AvgIpc) is 3.33. The summed E-state index contributed by atoms with van der Waals surface area (Å²) in [5.41, 5.74) is 10.7. The molecule has 35 heavy (non-hydrogen) atoms. The molecule has 0 bridgehead atoms. The third-order valence-corrected chi connectivity index (χ3v) is 7.27. The molecular formula is C24H26N8O2S. The van der Waals surface area contributed by atoms with E-state index in [1.165, 1.54) is 23.9 Å². The number of rotatable bonds is 6. The lowest BCUT2D eigenvalue weighted by atomic mass is 9.84. The Hall–Kier alpha value is -3.70. The van der Waals surface area contributed by atoms with Crippen LogP contribution in [0.2, 0.25) is 0 Å². The molecule has 1 aliphatic heterocycles. The number of amides is 2. The smallest absolute Gasteiger partial charge is 0.253 e. The second-order valence-electron chi connectivity index (χ2n) is 9.66. The fourth-order valence-electron chi connectivity index (χ4n) is 4.56. The Morgan fingerprint density at radius 1 is 1.11 bits per heavy atom. The lowest BCUT2D eigenvalue weighted by Gasteiger charge is -2.45. The summed E-state index contributed by atoms with van der Waals surface area (Å²) in [6.07, 6.45) is 6.35. The molecule has 0 atom stereocenters. The highest BCUT2D eigenvalue weighted by Gasteiger charge is 2.34. The molecule has 4 aromatic heterocycles. The van der Waals surface area contributed by atoms with Crippen LogP contribution < -0.4 is 11.1 Å². The van der Waals surface area contributed by atoms with Gasteiger partial charge in [-0.05, 0) is 25.3 Å². The Bertz CT molecular complexity index is 1460. The number of nitrogens with one attached hydrogen (secondary N) is 1. The van der Waals surface area contributed by atoms with Gasteiger partial charge in [0.15, 0.2) is 0 Å². The molecule has 0 radical (unpaired) electrons. The van der Waals surface area contributed by atoms with Gasteiger partial charge in [-0.15, -0.1) is 11.3 Å². The first-order valence-electron chi connectivity index (χ1n) is 11.2. The first-order valence-corrected chi connectivity index (χ1v) is 12.0. The van der Waals surface area contributed by atoms with Gasteiger partial charge in [-0.25, -0.2) is 14.5 Å². The van der Waals surface area contributed by atoms with Crippen molar-refractivity contribution in [3.8, 4) is 21.7 Å². The van der Waals surface area contributed by atoms with E-state index in [1.807, 2.05) is 19.9 Å². The number of hydrogen-bond acceptors (Lipinski definition) is 8. The maximum Gasteiger partial charge on any atom is 0.253 e. The number of pyridine rings is 1. The van der Waals surface area contributed by atoms with Crippen molar-refractivity contribution in [1.29, 1.82) is 0 Å². The summed E-state index contributed by atoms with van der Waals surface area (Å²) in [4.78, 5) is 41.3. The fourth-order valence-corrected chi connectivity index (χ4v) is 5.84. The normalized spacial score (nSPS) is 15.2. The number of nitrogens with two attached hydrogens (primary N) is 1. The van der Waals surface area contributed by atoms with Gasteiger partial charge in [0.25, 0.3) is 5.91 Å². The molecule has 4 aromatic rings. The monoisotopic (exact) mass is 490 g/mol. The van der Waals surface area contributed by atoms with E-state index in [9.17, 15) is 9.59 Å². The predicted octanol–water partition coefficient (Wildman–Crippen LogP) is 2.91. The molecule has 0 unspecified atom stereocenters. The lowest BCUT2D eigenvalue weighted by molar-refractivity contribution is -0.120. The van der Waals surface area contributed by atoms with Gasteiger partial charge in [0.1, 0.15) is 11.2 Å². The van der Waals surface area contributed by atoms with E-state index in [0.717, 1.165) is 46.2 Å². The third kappa shape index (κ3) is 4.28. The summed E-state index contributed by atoms with van der Waals surface area (Å²) >= 11 is 1.39. The second-order valence-corrected chi connectivity index (χ2v) is 10.7. The first-order chi connectivity index (χ1) is 16.6. The van der Waals surface area contributed by atoms with Gasteiger partial charge < -0.3 is 11.1 Å². The van der Waals surface area contributed by atoms with E-state index in [4.69, 9.17) is 5.73 Å². The molecule has 0 aliphatic carbocycles. The van der Waals surface area contributed by atoms with Crippen molar-refractivity contribution in [2.45, 2.75) is 27.7 Å². The van der Waals surface area contributed by atoms with Gasteiger partial charge in [-0.1, -0.05) is 13.8 Å². The van der Waals surface area contributed by atoms with Crippen LogP contribution >= 0.6 is 11.3 Å². The van der Waals surface area contributed by atoms with Gasteiger partial charge in [0.2, 0.25) is 5.91 Å². The summed E-state index contributed by atoms with van der Waals surface area (Å²) in [5.74, 6) is -0.638. The molecule has 0 spiro atoms. The SMILES string of the molecule is Cc1ncncc1-c1sc2c(C(N)=O)cnn2c1-c1cc(NC(=O)CN2CC(C)(C)C2)cnc1C. The molecule has 5 rings (SSSR count). The number of aryl methyl sites for hydroxylation is 2. The second kappa shape index (κ2) is 8.51. The number of likely N-dealkylation sites (tertiary alicyclic amines) is 1. The van der Waals surface area contributed by atoms with Gasteiger partial charge in [0.05, 0.1) is 40.8 Å². The topological polar surface area (TPSA) is 131 Å². The van der Waals surface area contributed by atoms with Crippen molar-refractivity contribution in [3.05, 3.63) is 47.9 Å². The predicted molar refractivity (Wildman–Crippen MR) is 134 cm³/mol. The number of nitrogens with zero attached hydrogens (tertiary/aromatic N) is 6. The van der Waals surface area contributed by atoms with Crippen molar-refractivity contribution >= 4 is 33.7 Å². The summed E-state index contributed by atoms with van der Waals surface area (Å²) in [5, 5.41) is 7.43. The van der Waals surface area contributed by atoms with Crippen molar-refractivity contribution in [1.82, 2.24) is 29.5 Å². The van der Waals surface area contributed by atoms with Crippen molar-refractivity contribution < 1.29 is 9.59 Å². The Morgan fingerprint density at radius 2 is 1.86 bits per heavy atom. The highest BCUT2D eigenvalue weighted by Crippen LogP contribution is 2.42. The zero-order valence-corrected chi connectivity index (χ0v) is 20.8. The number of carbonyl (C=O) groups excluding carboxylic acids is 2. The maximum atomic E-state index is 12.7. The summed E-state index contributed by atoms with van der Waals surface area (Å²) in [6.45, 7) is 10.3. The zero-order chi connectivity index (χ0) is 24.9. The molecule has 3 N–H and O–H groups in total. The largest absolute Gasteiger partial charge is 0.365 e. The van der Waals surface area contributed by atoms with Crippen LogP contribution in [0, 0.1) is 19.3 Å². The molecule has 0 saturated carbocycles. The number of thiazole rings is 1. The number of hydrogen-bond donors (Lipinski definition) is 2. The van der Waals surface area contributed by atoms with Crippen LogP contribution in [0.3, 0.4) is 0 Å². The molecule has 180 valence electrons. The van der Waals surface area contributed by atoms with Gasteiger partial charge in [-0.2, -0.15) is 5.10 Å². The number of anilines is 1. The number of aromatic nitrogens is 5. The van der Waals surface area contributed by atoms with Crippen LogP contribution in [0.5, 0.6) is 0 Å². The zero-order valence-electron chi connectivity index (χ0n) is 20.0. The van der Waals surface area contributed by atoms with E-state index in [2.05, 4.69) is 44.1 Å². The molecule has 1 aliphatic rings. The minimum atomic E-state index is -0.551. The van der Waals surface area contributed by atoms with Crippen molar-refractivity contribution in [2.24, 2.45) is 11.1 Å². The van der Waals surface area contributed by atoms with Gasteiger partial charge >= 0.3 is 0 Å². The van der Waals surface area contributed by atoms with Crippen LogP contribution in [0.15, 0.2) is 31.0 Å². The molecule has 0 aromatic carbocycles. The van der Waals surface area contributed by atoms with E-state index in [-0.39, 0.29) is 11.3 Å². The van der Waals surface area contributed by atoms with E-state index in [1.54, 1.807) is 16.9 Å².